The lowest BCUT2D eigenvalue weighted by Crippen LogP contribution is -2.34. The lowest BCUT2D eigenvalue weighted by atomic mass is 10.2. The number of hydrogen-bond acceptors (Lipinski definition) is 4. The third-order valence-corrected chi connectivity index (χ3v) is 2.09. The fourth-order valence-corrected chi connectivity index (χ4v) is 1.00. The van der Waals surface area contributed by atoms with Crippen LogP contribution in [-0.2, 0) is 14.3 Å². The van der Waals surface area contributed by atoms with Crippen molar-refractivity contribution >= 4 is 11.9 Å². The second-order valence-corrected chi connectivity index (χ2v) is 3.26. The van der Waals surface area contributed by atoms with Crippen LogP contribution in [-0.4, -0.2) is 55.2 Å². The topological polar surface area (TPSA) is 92.9 Å². The Hall–Kier alpha value is -1.14. The first kappa shape index (κ1) is 13.9. The lowest BCUT2D eigenvalue weighted by Gasteiger charge is -2.19. The number of rotatable bonds is 7. The Kier molecular flexibility index (Phi) is 6.64. The summed E-state index contributed by atoms with van der Waals surface area (Å²) in [6.45, 7) is 0.476. The van der Waals surface area contributed by atoms with Crippen LogP contribution in [0.5, 0.6) is 0 Å². The number of ether oxygens (including phenoxy) is 1. The highest BCUT2D eigenvalue weighted by Gasteiger charge is 2.15. The number of nitrogens with two attached hydrogens (primary N) is 1. The van der Waals surface area contributed by atoms with E-state index in [4.69, 9.17) is 15.6 Å². The van der Waals surface area contributed by atoms with Gasteiger partial charge in [0.2, 0.25) is 5.91 Å². The molecule has 1 unspecified atom stereocenters. The van der Waals surface area contributed by atoms with Gasteiger partial charge in [0.05, 0.1) is 18.9 Å². The van der Waals surface area contributed by atoms with Crippen molar-refractivity contribution in [2.45, 2.75) is 18.9 Å². The summed E-state index contributed by atoms with van der Waals surface area (Å²) < 4.78 is 4.96. The number of aliphatic carboxylic acids is 1. The normalized spacial score (nSPS) is 12.2. The zero-order chi connectivity index (χ0) is 11.8. The predicted octanol–water partition coefficient (Wildman–Crippen LogP) is -0.717. The van der Waals surface area contributed by atoms with Gasteiger partial charge >= 0.3 is 5.97 Å². The molecule has 0 rings (SSSR count). The van der Waals surface area contributed by atoms with E-state index in [2.05, 4.69) is 0 Å². The molecule has 6 nitrogen and oxygen atoms in total. The monoisotopic (exact) mass is 218 g/mol. The molecule has 1 atom stereocenters. The fraction of sp³-hybridized carbons (Fsp3) is 0.778. The van der Waals surface area contributed by atoms with Gasteiger partial charge < -0.3 is 20.5 Å². The van der Waals surface area contributed by atoms with Crippen molar-refractivity contribution in [2.24, 2.45) is 5.73 Å². The number of carbonyl (C=O) groups is 2. The van der Waals surface area contributed by atoms with Gasteiger partial charge in [0.15, 0.2) is 0 Å². The number of methoxy groups -OCH3 is 1. The molecule has 3 N–H and O–H groups in total. The van der Waals surface area contributed by atoms with Gasteiger partial charge in [-0.3, -0.25) is 9.59 Å². The molecular formula is C9H18N2O4. The Morgan fingerprint density at radius 2 is 2.13 bits per heavy atom. The van der Waals surface area contributed by atoms with Crippen molar-refractivity contribution in [3.8, 4) is 0 Å². The molecule has 0 fully saturated rings. The second-order valence-electron chi connectivity index (χ2n) is 3.26. The van der Waals surface area contributed by atoms with Crippen LogP contribution in [0.2, 0.25) is 0 Å². The Balaban J connectivity index is 3.92. The van der Waals surface area contributed by atoms with Crippen molar-refractivity contribution < 1.29 is 19.4 Å². The molecule has 0 aromatic carbocycles. The molecule has 0 heterocycles. The molecule has 88 valence electrons. The summed E-state index contributed by atoms with van der Waals surface area (Å²) in [6, 6.07) is 0. The van der Waals surface area contributed by atoms with E-state index in [0.29, 0.717) is 0 Å². The Morgan fingerprint density at radius 1 is 1.53 bits per heavy atom. The molecule has 15 heavy (non-hydrogen) atoms. The number of carboxylic acids is 1. The van der Waals surface area contributed by atoms with Gasteiger partial charge in [0, 0.05) is 27.2 Å². The van der Waals surface area contributed by atoms with E-state index in [1.165, 1.54) is 12.0 Å². The van der Waals surface area contributed by atoms with Gasteiger partial charge in [0.1, 0.15) is 0 Å². The summed E-state index contributed by atoms with van der Waals surface area (Å²) in [7, 11) is 3.05. The zero-order valence-electron chi connectivity index (χ0n) is 9.10. The van der Waals surface area contributed by atoms with Crippen LogP contribution in [0.25, 0.3) is 0 Å². The summed E-state index contributed by atoms with van der Waals surface area (Å²) in [5.74, 6) is -1.08. The van der Waals surface area contributed by atoms with Gasteiger partial charge in [-0.2, -0.15) is 0 Å². The molecule has 0 aliphatic heterocycles. The zero-order valence-corrected chi connectivity index (χ0v) is 9.10. The van der Waals surface area contributed by atoms with Crippen molar-refractivity contribution in [1.29, 1.82) is 0 Å². The Labute approximate surface area is 89.0 Å². The Morgan fingerprint density at radius 3 is 2.53 bits per heavy atom. The van der Waals surface area contributed by atoms with E-state index in [0.717, 1.165) is 0 Å². The smallest absolute Gasteiger partial charge is 0.305 e. The third kappa shape index (κ3) is 6.03. The Bertz CT molecular complexity index is 216. The van der Waals surface area contributed by atoms with Crippen LogP contribution in [0.15, 0.2) is 0 Å². The van der Waals surface area contributed by atoms with Crippen molar-refractivity contribution in [3.05, 3.63) is 0 Å². The summed E-state index contributed by atoms with van der Waals surface area (Å²) in [4.78, 5) is 23.1. The van der Waals surface area contributed by atoms with Gasteiger partial charge in [0.25, 0.3) is 0 Å². The van der Waals surface area contributed by atoms with E-state index in [1.54, 1.807) is 7.05 Å². The van der Waals surface area contributed by atoms with E-state index in [-0.39, 0.29) is 37.9 Å². The molecular weight excluding hydrogens is 200 g/mol. The van der Waals surface area contributed by atoms with Gasteiger partial charge in [-0.25, -0.2) is 0 Å². The molecule has 6 heteroatoms. The molecule has 0 spiro atoms. The average molecular weight is 218 g/mol. The van der Waals surface area contributed by atoms with Crippen molar-refractivity contribution in [3.63, 3.8) is 0 Å². The van der Waals surface area contributed by atoms with Crippen LogP contribution in [0, 0.1) is 0 Å². The first-order valence-corrected chi connectivity index (χ1v) is 4.69. The largest absolute Gasteiger partial charge is 0.481 e. The summed E-state index contributed by atoms with van der Waals surface area (Å²) in [5, 5.41) is 8.44. The fourth-order valence-electron chi connectivity index (χ4n) is 1.00. The number of hydrogen-bond donors (Lipinski definition) is 2. The second kappa shape index (κ2) is 7.19. The third-order valence-electron chi connectivity index (χ3n) is 2.09. The maximum absolute atomic E-state index is 11.5. The highest BCUT2D eigenvalue weighted by atomic mass is 16.5. The molecule has 0 aromatic rings. The summed E-state index contributed by atoms with van der Waals surface area (Å²) in [6.07, 6.45) is -0.171. The summed E-state index contributed by atoms with van der Waals surface area (Å²) >= 11 is 0. The maximum Gasteiger partial charge on any atom is 0.305 e. The SMILES string of the molecule is COC(CN)CC(=O)N(C)CCC(=O)O. The molecule has 0 aliphatic carbocycles. The molecule has 0 saturated carbocycles. The first-order chi connectivity index (χ1) is 7.01. The molecule has 0 aliphatic rings. The van der Waals surface area contributed by atoms with E-state index in [9.17, 15) is 9.59 Å². The van der Waals surface area contributed by atoms with E-state index >= 15 is 0 Å². The van der Waals surface area contributed by atoms with Crippen molar-refractivity contribution in [2.75, 3.05) is 27.2 Å². The number of carboxylic acid groups (broad SMARTS) is 1. The predicted molar refractivity (Wildman–Crippen MR) is 54.4 cm³/mol. The minimum atomic E-state index is -0.920. The summed E-state index contributed by atoms with van der Waals surface area (Å²) in [5.41, 5.74) is 5.36. The molecule has 0 saturated heterocycles. The minimum absolute atomic E-state index is 0.0531. The number of carbonyl (C=O) groups excluding carboxylic acids is 1. The van der Waals surface area contributed by atoms with Crippen LogP contribution in [0.4, 0.5) is 0 Å². The van der Waals surface area contributed by atoms with Crippen molar-refractivity contribution in [1.82, 2.24) is 4.90 Å². The van der Waals surface area contributed by atoms with Gasteiger partial charge in [-0.15, -0.1) is 0 Å². The maximum atomic E-state index is 11.5. The van der Waals surface area contributed by atoms with Gasteiger partial charge in [-0.05, 0) is 0 Å². The number of nitrogens with zero attached hydrogens (tertiary/aromatic N) is 1. The minimum Gasteiger partial charge on any atom is -0.481 e. The first-order valence-electron chi connectivity index (χ1n) is 4.69. The van der Waals surface area contributed by atoms with Crippen LogP contribution < -0.4 is 5.73 Å². The standard InChI is InChI=1S/C9H18N2O4/c1-11(4-3-9(13)14)8(12)5-7(6-10)15-2/h7H,3-6,10H2,1-2H3,(H,13,14). The van der Waals surface area contributed by atoms with Crippen LogP contribution in [0.3, 0.4) is 0 Å². The highest BCUT2D eigenvalue weighted by Crippen LogP contribution is 2.00. The highest BCUT2D eigenvalue weighted by molar-refractivity contribution is 5.77. The quantitative estimate of drug-likeness (QED) is 0.588. The lowest BCUT2D eigenvalue weighted by molar-refractivity contribution is -0.138. The van der Waals surface area contributed by atoms with Crippen LogP contribution in [0.1, 0.15) is 12.8 Å². The molecule has 0 radical (unpaired) electrons. The molecule has 1 amide bonds. The molecule has 0 bridgehead atoms. The van der Waals surface area contributed by atoms with E-state index in [1.807, 2.05) is 0 Å². The average Bonchev–Trinajstić information content (AvgIpc) is 2.21. The molecule has 0 aromatic heterocycles. The van der Waals surface area contributed by atoms with Crippen LogP contribution >= 0.6 is 0 Å². The number of amides is 1. The van der Waals surface area contributed by atoms with Gasteiger partial charge in [-0.1, -0.05) is 0 Å². The van der Waals surface area contributed by atoms with E-state index < -0.39 is 5.97 Å².